The zero-order chi connectivity index (χ0) is 67.2. The monoisotopic (exact) mass is 1570 g/mol. The Kier molecular flexibility index (Phi) is 18.1. The molecular weight excluding hydrogens is 1500 g/mol. The first-order chi connectivity index (χ1) is 49.1. The van der Waals surface area contributed by atoms with Gasteiger partial charge in [0, 0.05) is 133 Å². The van der Waals surface area contributed by atoms with Gasteiger partial charge in [-0.1, -0.05) is 234 Å². The standard InChI is InChI=1S/C88H68Br4O8/c89-61-29-13-25-57(41-61)85-93-77-49-79-71-45-69(77)65(37-33-53-17-5-1-6-18-53)70-46-72-67(39-35-55-21-9-3-10-22-55)74-48-76-68(40-36-56-23-11-4-12-24-56)75-47-73(66(71)38-34-54-19-7-2-8-20-54)81(97-86(95-79)58-26-14-30-62(90)42-58)51-83(75)99-88(60-28-16-32-64(92)44-60)100-84(76)52-82(74)98-87(59-27-15-31-63(91)43-59)96-80(72)50-78(70)94-85/h1-32,41-52,65-68,85-88H,33-40H2. The van der Waals surface area contributed by atoms with Crippen LogP contribution in [0.5, 0.6) is 46.0 Å². The van der Waals surface area contributed by atoms with E-state index in [9.17, 15) is 0 Å². The number of ether oxygens (including phenoxy) is 8. The second-order valence-electron chi connectivity index (χ2n) is 26.5. The number of hydrogen-bond donors (Lipinski definition) is 0. The summed E-state index contributed by atoms with van der Waals surface area (Å²) in [5.41, 5.74) is 16.3. The first-order valence-electron chi connectivity index (χ1n) is 34.3. The van der Waals surface area contributed by atoms with Crippen LogP contribution >= 0.6 is 63.7 Å². The molecule has 100 heavy (non-hydrogen) atoms. The van der Waals surface area contributed by atoms with Crippen molar-refractivity contribution in [1.82, 2.24) is 0 Å². The molecular formula is C88H68Br4O8. The number of aryl methyl sites for hydroxylation is 4. The highest BCUT2D eigenvalue weighted by Crippen LogP contribution is 2.58. The minimum atomic E-state index is -0.950. The summed E-state index contributed by atoms with van der Waals surface area (Å²) in [5.74, 6) is 3.89. The lowest BCUT2D eigenvalue weighted by molar-refractivity contribution is -0.0120. The molecule has 0 unspecified atom stereocenters. The van der Waals surface area contributed by atoms with E-state index < -0.39 is 25.2 Å². The van der Waals surface area contributed by atoms with Gasteiger partial charge in [-0.25, -0.2) is 0 Å². The normalized spacial score (nSPS) is 19.6. The smallest absolute Gasteiger partial charge is 0.267 e. The van der Waals surface area contributed by atoms with Gasteiger partial charge in [-0.15, -0.1) is 0 Å². The fourth-order valence-electron chi connectivity index (χ4n) is 15.3. The molecule has 0 fully saturated rings. The van der Waals surface area contributed by atoms with E-state index in [2.05, 4.69) is 282 Å². The van der Waals surface area contributed by atoms with Gasteiger partial charge in [-0.05, 0) is 146 Å². The van der Waals surface area contributed by atoms with Crippen molar-refractivity contribution in [2.24, 2.45) is 0 Å². The molecule has 0 saturated carbocycles. The van der Waals surface area contributed by atoms with E-state index in [1.807, 2.05) is 48.5 Å². The van der Waals surface area contributed by atoms with E-state index in [0.717, 1.165) is 110 Å². The first kappa shape index (κ1) is 64.3. The van der Waals surface area contributed by atoms with Crippen molar-refractivity contribution in [3.8, 4) is 46.0 Å². The maximum Gasteiger partial charge on any atom is 0.267 e. The second-order valence-corrected chi connectivity index (χ2v) is 30.2. The molecule has 0 spiro atoms. The highest BCUT2D eigenvalue weighted by Gasteiger charge is 2.42. The molecule has 12 aromatic carbocycles. The summed E-state index contributed by atoms with van der Waals surface area (Å²) >= 11 is 15.4. The Morgan fingerprint density at radius 2 is 0.390 bits per heavy atom. The highest BCUT2D eigenvalue weighted by atomic mass is 79.9. The number of benzene rings is 12. The molecule has 0 radical (unpaired) electrons. The van der Waals surface area contributed by atoms with E-state index in [0.29, 0.717) is 71.7 Å². The van der Waals surface area contributed by atoms with Gasteiger partial charge in [0.1, 0.15) is 46.0 Å². The van der Waals surface area contributed by atoms with Crippen molar-refractivity contribution >= 4 is 63.7 Å². The third-order valence-corrected chi connectivity index (χ3v) is 22.2. The summed E-state index contributed by atoms with van der Waals surface area (Å²) < 4.78 is 64.6. The van der Waals surface area contributed by atoms with Gasteiger partial charge in [-0.3, -0.25) is 0 Å². The quantitative estimate of drug-likeness (QED) is 0.0947. The van der Waals surface area contributed by atoms with Gasteiger partial charge in [0.05, 0.1) is 0 Å². The fourth-order valence-corrected chi connectivity index (χ4v) is 17.0. The molecule has 5 aliphatic rings. The van der Waals surface area contributed by atoms with Crippen LogP contribution in [0.4, 0.5) is 0 Å². The van der Waals surface area contributed by atoms with Crippen molar-refractivity contribution in [2.75, 3.05) is 0 Å². The summed E-state index contributed by atoms with van der Waals surface area (Å²) in [7, 11) is 0. The van der Waals surface area contributed by atoms with Crippen LogP contribution in [0.15, 0.2) is 285 Å². The summed E-state index contributed by atoms with van der Waals surface area (Å²) in [6.07, 6.45) is 1.98. The molecule has 496 valence electrons. The predicted molar refractivity (Wildman–Crippen MR) is 405 cm³/mol. The zero-order valence-electron chi connectivity index (χ0n) is 54.5. The van der Waals surface area contributed by atoms with E-state index in [1.54, 1.807) is 0 Å². The predicted octanol–water partition coefficient (Wildman–Crippen LogP) is 24.0. The topological polar surface area (TPSA) is 73.8 Å². The molecule has 12 aromatic rings. The van der Waals surface area contributed by atoms with Crippen LogP contribution in [-0.4, -0.2) is 0 Å². The molecule has 1 aliphatic carbocycles. The van der Waals surface area contributed by atoms with Crippen molar-refractivity contribution < 1.29 is 37.9 Å². The highest BCUT2D eigenvalue weighted by molar-refractivity contribution is 9.11. The Bertz CT molecular complexity index is 4250. The van der Waals surface area contributed by atoms with Gasteiger partial charge in [0.2, 0.25) is 0 Å². The van der Waals surface area contributed by atoms with Crippen LogP contribution in [0.3, 0.4) is 0 Å². The Morgan fingerprint density at radius 1 is 0.200 bits per heavy atom. The van der Waals surface area contributed by atoms with Gasteiger partial charge in [0.15, 0.2) is 0 Å². The van der Waals surface area contributed by atoms with E-state index >= 15 is 0 Å². The van der Waals surface area contributed by atoms with Crippen molar-refractivity contribution in [2.45, 2.75) is 100 Å². The lowest BCUT2D eigenvalue weighted by Crippen LogP contribution is -2.26. The Hall–Kier alpha value is -9.04. The minimum absolute atomic E-state index is 0.314. The van der Waals surface area contributed by atoms with Crippen LogP contribution in [0, 0.1) is 0 Å². The van der Waals surface area contributed by atoms with Gasteiger partial charge in [0.25, 0.3) is 25.2 Å². The lowest BCUT2D eigenvalue weighted by Gasteiger charge is -2.38. The Labute approximate surface area is 616 Å². The summed E-state index contributed by atoms with van der Waals surface area (Å²) in [5, 5.41) is 0. The van der Waals surface area contributed by atoms with Crippen LogP contribution in [0.1, 0.15) is 164 Å². The second kappa shape index (κ2) is 28.2. The molecule has 8 nitrogen and oxygen atoms in total. The Balaban J connectivity index is 1.02. The zero-order valence-corrected chi connectivity index (χ0v) is 60.8. The molecule has 8 bridgehead atoms. The SMILES string of the molecule is Brc1cccc(C2Oc3cc4c5cc3C(CCc3ccccc3)c3cc6c(cc3O2)OC(c2cccc(Br)c2)Oc2cc3c(cc2C6CCc2ccccc2)C(CCc2ccccc2)c2cc(c(cc2OC(c2cccc(Br)c2)O3)OC(c2cccc(Br)c2)O4)C5CCc2ccccc2)c1. The number of rotatable bonds is 16. The molecule has 0 atom stereocenters. The van der Waals surface area contributed by atoms with Crippen LogP contribution in [-0.2, 0) is 25.7 Å². The first-order valence-corrected chi connectivity index (χ1v) is 37.5. The molecule has 0 aromatic heterocycles. The maximum atomic E-state index is 7.63. The summed E-state index contributed by atoms with van der Waals surface area (Å²) in [4.78, 5) is 0. The van der Waals surface area contributed by atoms with Crippen LogP contribution < -0.4 is 37.9 Å². The lowest BCUT2D eigenvalue weighted by atomic mass is 9.75. The average molecular weight is 1570 g/mol. The van der Waals surface area contributed by atoms with Crippen molar-refractivity contribution in [1.29, 1.82) is 0 Å². The average Bonchev–Trinajstić information content (AvgIpc) is 0.733. The third-order valence-electron chi connectivity index (χ3n) is 20.2. The van der Waals surface area contributed by atoms with E-state index in [-0.39, 0.29) is 23.7 Å². The minimum Gasteiger partial charge on any atom is -0.450 e. The Morgan fingerprint density at radius 3 is 0.570 bits per heavy atom. The number of halogens is 4. The van der Waals surface area contributed by atoms with Gasteiger partial charge < -0.3 is 37.9 Å². The fraction of sp³-hybridized carbons (Fsp3) is 0.182. The molecule has 4 heterocycles. The molecule has 17 rings (SSSR count). The molecule has 12 heteroatoms. The molecule has 0 saturated heterocycles. The molecule has 0 amide bonds. The van der Waals surface area contributed by atoms with Crippen molar-refractivity contribution in [3.05, 3.63) is 374 Å². The molecule has 4 aliphatic heterocycles. The van der Waals surface area contributed by atoms with Crippen LogP contribution in [0.2, 0.25) is 0 Å². The van der Waals surface area contributed by atoms with E-state index in [4.69, 9.17) is 37.9 Å². The van der Waals surface area contributed by atoms with Crippen molar-refractivity contribution in [3.63, 3.8) is 0 Å². The summed E-state index contributed by atoms with van der Waals surface area (Å²) in [6, 6.07) is 94.2. The molecule has 0 N–H and O–H groups in total. The third kappa shape index (κ3) is 13.4. The maximum absolute atomic E-state index is 7.63. The van der Waals surface area contributed by atoms with E-state index in [1.165, 1.54) is 22.3 Å². The van der Waals surface area contributed by atoms with Gasteiger partial charge in [-0.2, -0.15) is 0 Å². The number of hydrogen-bond acceptors (Lipinski definition) is 8. The van der Waals surface area contributed by atoms with Gasteiger partial charge >= 0.3 is 0 Å². The largest absolute Gasteiger partial charge is 0.450 e. The van der Waals surface area contributed by atoms with Crippen LogP contribution in [0.25, 0.3) is 0 Å². The summed E-state index contributed by atoms with van der Waals surface area (Å²) in [6.45, 7) is 0.